The molecule has 0 heterocycles. The highest BCUT2D eigenvalue weighted by Gasteiger charge is 2.15. The van der Waals surface area contributed by atoms with Gasteiger partial charge >= 0.3 is 0 Å². The average molecular weight is 288 g/mol. The fourth-order valence-electron chi connectivity index (χ4n) is 1.38. The second kappa shape index (κ2) is 6.59. The number of thioether (sulfide) groups is 1. The van der Waals surface area contributed by atoms with Crippen molar-refractivity contribution in [3.05, 3.63) is 29.8 Å². The van der Waals surface area contributed by atoms with Gasteiger partial charge in [0, 0.05) is 10.6 Å². The minimum absolute atomic E-state index is 0.189. The zero-order chi connectivity index (χ0) is 13.8. The first-order valence-corrected chi connectivity index (χ1v) is 8.65. The van der Waals surface area contributed by atoms with Crippen molar-refractivity contribution in [3.8, 4) is 0 Å². The maximum atomic E-state index is 11.6. The molecule has 1 aromatic rings. The van der Waals surface area contributed by atoms with Gasteiger partial charge in [-0.25, -0.2) is 8.42 Å². The van der Waals surface area contributed by atoms with Crippen LogP contribution in [0.3, 0.4) is 0 Å². The van der Waals surface area contributed by atoms with Crippen LogP contribution >= 0.6 is 11.8 Å². The van der Waals surface area contributed by atoms with Crippen LogP contribution in [0.4, 0.5) is 0 Å². The SMILES string of the molecule is CC(O)c1cccc(SCCS(=O)(=O)C(C)C)c1. The summed E-state index contributed by atoms with van der Waals surface area (Å²) in [6, 6.07) is 7.57. The molecule has 0 aliphatic rings. The molecule has 0 spiro atoms. The van der Waals surface area contributed by atoms with Crippen LogP contribution in [0, 0.1) is 0 Å². The summed E-state index contributed by atoms with van der Waals surface area (Å²) in [5, 5.41) is 9.15. The van der Waals surface area contributed by atoms with Crippen molar-refractivity contribution in [1.82, 2.24) is 0 Å². The van der Waals surface area contributed by atoms with E-state index >= 15 is 0 Å². The molecule has 5 heteroatoms. The highest BCUT2D eigenvalue weighted by molar-refractivity contribution is 8.00. The molecule has 1 rings (SSSR count). The van der Waals surface area contributed by atoms with E-state index in [1.54, 1.807) is 20.8 Å². The summed E-state index contributed by atoms with van der Waals surface area (Å²) in [6.45, 7) is 5.12. The molecule has 3 nitrogen and oxygen atoms in total. The molecule has 1 N–H and O–H groups in total. The van der Waals surface area contributed by atoms with E-state index in [9.17, 15) is 13.5 Å². The van der Waals surface area contributed by atoms with Crippen LogP contribution in [0.1, 0.15) is 32.4 Å². The standard InChI is InChI=1S/C13H20O3S2/c1-10(2)18(15,16)8-7-17-13-6-4-5-12(9-13)11(3)14/h4-6,9-11,14H,7-8H2,1-3H3. The Bertz CT molecular complexity index is 479. The molecule has 0 aliphatic carbocycles. The third-order valence-corrected chi connectivity index (χ3v) is 6.16. The van der Waals surface area contributed by atoms with Crippen LogP contribution in [-0.4, -0.2) is 30.3 Å². The molecule has 0 amide bonds. The maximum Gasteiger partial charge on any atom is 0.153 e. The van der Waals surface area contributed by atoms with Gasteiger partial charge in [0.2, 0.25) is 0 Å². The van der Waals surface area contributed by atoms with Gasteiger partial charge in [-0.1, -0.05) is 12.1 Å². The minimum atomic E-state index is -2.97. The first kappa shape index (κ1) is 15.5. The monoisotopic (exact) mass is 288 g/mol. The molecular weight excluding hydrogens is 268 g/mol. The van der Waals surface area contributed by atoms with Gasteiger partial charge in [0.15, 0.2) is 9.84 Å². The summed E-state index contributed by atoms with van der Waals surface area (Å²) in [5.41, 5.74) is 0.853. The molecule has 1 aromatic carbocycles. The molecule has 0 fully saturated rings. The zero-order valence-electron chi connectivity index (χ0n) is 11.0. The molecule has 102 valence electrons. The number of benzene rings is 1. The minimum Gasteiger partial charge on any atom is -0.389 e. The summed E-state index contributed by atoms with van der Waals surface area (Å²) in [4.78, 5) is 0.993. The average Bonchev–Trinajstić information content (AvgIpc) is 2.29. The molecule has 1 unspecified atom stereocenters. The van der Waals surface area contributed by atoms with E-state index in [0.29, 0.717) is 5.75 Å². The third-order valence-electron chi connectivity index (χ3n) is 2.70. The summed E-state index contributed by atoms with van der Waals surface area (Å²) in [5.74, 6) is 0.734. The van der Waals surface area contributed by atoms with Gasteiger partial charge in [-0.05, 0) is 38.5 Å². The van der Waals surface area contributed by atoms with E-state index in [0.717, 1.165) is 10.5 Å². The molecule has 0 radical (unpaired) electrons. The topological polar surface area (TPSA) is 54.4 Å². The van der Waals surface area contributed by atoms with Gasteiger partial charge in [-0.3, -0.25) is 0 Å². The van der Waals surface area contributed by atoms with Crippen molar-refractivity contribution >= 4 is 21.6 Å². The van der Waals surface area contributed by atoms with Gasteiger partial charge in [-0.15, -0.1) is 11.8 Å². The Hall–Kier alpha value is -0.520. The number of rotatable bonds is 6. The smallest absolute Gasteiger partial charge is 0.153 e. The number of aliphatic hydroxyl groups excluding tert-OH is 1. The van der Waals surface area contributed by atoms with Crippen LogP contribution in [0.5, 0.6) is 0 Å². The summed E-state index contributed by atoms with van der Waals surface area (Å²) in [7, 11) is -2.97. The Balaban J connectivity index is 2.57. The van der Waals surface area contributed by atoms with E-state index in [1.165, 1.54) is 11.8 Å². The highest BCUT2D eigenvalue weighted by atomic mass is 32.2. The van der Waals surface area contributed by atoms with E-state index < -0.39 is 15.9 Å². The molecule has 18 heavy (non-hydrogen) atoms. The van der Waals surface area contributed by atoms with Gasteiger partial charge in [-0.2, -0.15) is 0 Å². The van der Waals surface area contributed by atoms with Crippen molar-refractivity contribution in [2.45, 2.75) is 37.0 Å². The Morgan fingerprint density at radius 2 is 1.94 bits per heavy atom. The number of hydrogen-bond acceptors (Lipinski definition) is 4. The van der Waals surface area contributed by atoms with Crippen molar-refractivity contribution < 1.29 is 13.5 Å². The lowest BCUT2D eigenvalue weighted by Crippen LogP contribution is -2.18. The first-order chi connectivity index (χ1) is 8.33. The van der Waals surface area contributed by atoms with Crippen LogP contribution in [-0.2, 0) is 9.84 Å². The number of sulfone groups is 1. The quantitative estimate of drug-likeness (QED) is 0.818. The fourth-order valence-corrected chi connectivity index (χ4v) is 3.74. The van der Waals surface area contributed by atoms with E-state index in [1.807, 2.05) is 24.3 Å². The highest BCUT2D eigenvalue weighted by Crippen LogP contribution is 2.22. The second-order valence-corrected chi connectivity index (χ2v) is 8.36. The Labute approximate surface area is 114 Å². The van der Waals surface area contributed by atoms with Crippen LogP contribution < -0.4 is 0 Å². The molecular formula is C13H20O3S2. The number of hydrogen-bond donors (Lipinski definition) is 1. The van der Waals surface area contributed by atoms with E-state index in [4.69, 9.17) is 0 Å². The van der Waals surface area contributed by atoms with Crippen LogP contribution in [0.15, 0.2) is 29.2 Å². The largest absolute Gasteiger partial charge is 0.389 e. The molecule has 0 saturated carbocycles. The fraction of sp³-hybridized carbons (Fsp3) is 0.538. The van der Waals surface area contributed by atoms with Gasteiger partial charge in [0.1, 0.15) is 0 Å². The summed E-state index contributed by atoms with van der Waals surface area (Å²) >= 11 is 1.51. The predicted octanol–water partition coefficient (Wildman–Crippen LogP) is 2.66. The molecule has 0 aliphatic heterocycles. The normalized spacial score (nSPS) is 13.8. The molecule has 1 atom stereocenters. The maximum absolute atomic E-state index is 11.6. The summed E-state index contributed by atoms with van der Waals surface area (Å²) < 4.78 is 23.3. The summed E-state index contributed by atoms with van der Waals surface area (Å²) in [6.07, 6.45) is -0.495. The Kier molecular flexibility index (Phi) is 5.69. The van der Waals surface area contributed by atoms with Crippen LogP contribution in [0.2, 0.25) is 0 Å². The lowest BCUT2D eigenvalue weighted by Gasteiger charge is -2.09. The van der Waals surface area contributed by atoms with Crippen molar-refractivity contribution in [3.63, 3.8) is 0 Å². The second-order valence-electron chi connectivity index (χ2n) is 4.51. The van der Waals surface area contributed by atoms with Crippen molar-refractivity contribution in [2.24, 2.45) is 0 Å². The molecule has 0 saturated heterocycles. The van der Waals surface area contributed by atoms with Crippen LogP contribution in [0.25, 0.3) is 0 Å². The molecule has 0 bridgehead atoms. The van der Waals surface area contributed by atoms with Crippen molar-refractivity contribution in [2.75, 3.05) is 11.5 Å². The lowest BCUT2D eigenvalue weighted by atomic mass is 10.1. The number of aliphatic hydroxyl groups is 1. The Morgan fingerprint density at radius 1 is 1.28 bits per heavy atom. The lowest BCUT2D eigenvalue weighted by molar-refractivity contribution is 0.199. The Morgan fingerprint density at radius 3 is 2.50 bits per heavy atom. The third kappa shape index (κ3) is 4.63. The predicted molar refractivity (Wildman–Crippen MR) is 76.7 cm³/mol. The van der Waals surface area contributed by atoms with E-state index in [-0.39, 0.29) is 11.0 Å². The molecule has 0 aromatic heterocycles. The zero-order valence-corrected chi connectivity index (χ0v) is 12.6. The van der Waals surface area contributed by atoms with Crippen molar-refractivity contribution in [1.29, 1.82) is 0 Å². The van der Waals surface area contributed by atoms with Gasteiger partial charge < -0.3 is 5.11 Å². The van der Waals surface area contributed by atoms with E-state index in [2.05, 4.69) is 0 Å². The van der Waals surface area contributed by atoms with Gasteiger partial charge in [0.25, 0.3) is 0 Å². The van der Waals surface area contributed by atoms with Gasteiger partial charge in [0.05, 0.1) is 17.1 Å². The first-order valence-electron chi connectivity index (χ1n) is 5.95.